The average molecular weight is 453 g/mol. The van der Waals surface area contributed by atoms with Crippen molar-refractivity contribution in [3.05, 3.63) is 29.8 Å². The fourth-order valence-electron chi connectivity index (χ4n) is 1.81. The fourth-order valence-corrected chi connectivity index (χ4v) is 2.99. The van der Waals surface area contributed by atoms with Gasteiger partial charge in [0.1, 0.15) is 11.8 Å². The van der Waals surface area contributed by atoms with Crippen LogP contribution in [0.1, 0.15) is 12.5 Å². The van der Waals surface area contributed by atoms with Gasteiger partial charge in [0, 0.05) is 0 Å². The highest BCUT2D eigenvalue weighted by Crippen LogP contribution is 2.50. The van der Waals surface area contributed by atoms with E-state index in [1.165, 1.54) is 31.2 Å². The summed E-state index contributed by atoms with van der Waals surface area (Å²) in [6, 6.07) is 3.62. The number of esters is 1. The molecule has 0 aromatic heterocycles. The predicted octanol–water partition coefficient (Wildman–Crippen LogP) is 3.76. The van der Waals surface area contributed by atoms with Gasteiger partial charge in [0.05, 0.1) is 6.61 Å². The Bertz CT molecular complexity index is 709. The van der Waals surface area contributed by atoms with Crippen LogP contribution < -0.4 is 10.3 Å². The maximum Gasteiger partial charge on any atom is 0.530 e. The molecule has 166 valence electrons. The molecule has 0 bridgehead atoms. The molecule has 1 rings (SSSR count). The molecule has 0 saturated carbocycles. The lowest BCUT2D eigenvalue weighted by Gasteiger charge is -2.19. The first-order chi connectivity index (χ1) is 13.2. The molecule has 2 N–H and O–H groups in total. The van der Waals surface area contributed by atoms with Crippen molar-refractivity contribution < 1.29 is 54.0 Å². The molecule has 29 heavy (non-hydrogen) atoms. The van der Waals surface area contributed by atoms with Crippen LogP contribution in [-0.2, 0) is 29.6 Å². The second-order valence-electron chi connectivity index (χ2n) is 5.52. The van der Waals surface area contributed by atoms with Gasteiger partial charge in [0.2, 0.25) is 0 Å². The van der Waals surface area contributed by atoms with Crippen molar-refractivity contribution in [1.29, 1.82) is 0 Å². The number of ether oxygens (including phenoxy) is 1. The summed E-state index contributed by atoms with van der Waals surface area (Å²) in [6.07, 6.45) is -9.63. The molecule has 14 heteroatoms. The molecular formula is C15H18F6NO6P. The van der Waals surface area contributed by atoms with Crippen molar-refractivity contribution in [1.82, 2.24) is 0 Å². The van der Waals surface area contributed by atoms with Crippen molar-refractivity contribution in [2.45, 2.75) is 31.7 Å². The van der Waals surface area contributed by atoms with Crippen molar-refractivity contribution in [3.8, 4) is 5.75 Å². The van der Waals surface area contributed by atoms with Crippen LogP contribution in [0.25, 0.3) is 0 Å². The third-order valence-electron chi connectivity index (χ3n) is 2.95. The zero-order valence-corrected chi connectivity index (χ0v) is 15.9. The number of rotatable bonds is 10. The molecule has 1 aromatic carbocycles. The van der Waals surface area contributed by atoms with Gasteiger partial charge >= 0.3 is 26.1 Å². The summed E-state index contributed by atoms with van der Waals surface area (Å²) >= 11 is 0. The Balaban J connectivity index is 2.69. The van der Waals surface area contributed by atoms with E-state index in [0.717, 1.165) is 0 Å². The molecule has 2 atom stereocenters. The highest BCUT2D eigenvalue weighted by Gasteiger charge is 2.36. The number of phosphoric ester groups is 1. The molecule has 2 unspecified atom stereocenters. The van der Waals surface area contributed by atoms with Crippen molar-refractivity contribution in [3.63, 3.8) is 0 Å². The Labute approximate surface area is 161 Å². The minimum atomic E-state index is -4.75. The van der Waals surface area contributed by atoms with Gasteiger partial charge in [-0.15, -0.1) is 0 Å². The van der Waals surface area contributed by atoms with Crippen LogP contribution in [0.4, 0.5) is 26.3 Å². The number of nitrogens with two attached hydrogens (primary N) is 1. The first-order valence-electron chi connectivity index (χ1n) is 7.96. The SMILES string of the molecule is CCOP(=O)(OCC(F)(F)F)Oc1ccc(CC(N)C(=O)OCC(F)(F)F)cc1. The molecule has 0 aliphatic heterocycles. The molecule has 0 heterocycles. The average Bonchev–Trinajstić information content (AvgIpc) is 2.59. The summed E-state index contributed by atoms with van der Waals surface area (Å²) in [6.45, 7) is -2.49. The number of hydrogen-bond donors (Lipinski definition) is 1. The minimum Gasteiger partial charge on any atom is -0.455 e. The number of alkyl halides is 6. The van der Waals surface area contributed by atoms with Gasteiger partial charge in [-0.2, -0.15) is 26.3 Å². The summed E-state index contributed by atoms with van der Waals surface area (Å²) in [4.78, 5) is 11.4. The number of carbonyl (C=O) groups is 1. The standard InChI is InChI=1S/C15H18F6NO6P/c1-2-26-29(24,27-9-15(19,20)21)28-11-5-3-10(4-6-11)7-12(22)13(23)25-8-14(16,17)18/h3-6,12H,2,7-9,22H2,1H3. The molecule has 0 fully saturated rings. The summed E-state index contributed by atoms with van der Waals surface area (Å²) < 4.78 is 103. The Kier molecular flexibility index (Phi) is 8.94. The minimum absolute atomic E-state index is 0.166. The lowest BCUT2D eigenvalue weighted by atomic mass is 10.1. The zero-order valence-electron chi connectivity index (χ0n) is 15.0. The Morgan fingerprint density at radius 2 is 1.59 bits per heavy atom. The van der Waals surface area contributed by atoms with E-state index in [0.29, 0.717) is 5.56 Å². The predicted molar refractivity (Wildman–Crippen MR) is 87.0 cm³/mol. The molecular weight excluding hydrogens is 435 g/mol. The number of carbonyl (C=O) groups excluding carboxylic acids is 1. The number of phosphoric acid groups is 1. The van der Waals surface area contributed by atoms with E-state index < -0.39 is 45.4 Å². The van der Waals surface area contributed by atoms with Crippen LogP contribution in [0, 0.1) is 0 Å². The molecule has 0 spiro atoms. The largest absolute Gasteiger partial charge is 0.530 e. The normalized spacial score (nSPS) is 15.4. The molecule has 0 saturated heterocycles. The quantitative estimate of drug-likeness (QED) is 0.327. The van der Waals surface area contributed by atoms with E-state index >= 15 is 0 Å². The van der Waals surface area contributed by atoms with E-state index in [4.69, 9.17) is 10.3 Å². The molecule has 0 aliphatic carbocycles. The third kappa shape index (κ3) is 10.5. The second kappa shape index (κ2) is 10.3. The van der Waals surface area contributed by atoms with Gasteiger partial charge in [-0.25, -0.2) is 4.57 Å². The highest BCUT2D eigenvalue weighted by molar-refractivity contribution is 7.48. The van der Waals surface area contributed by atoms with Gasteiger partial charge in [0.25, 0.3) is 0 Å². The maximum absolute atomic E-state index is 12.3. The monoisotopic (exact) mass is 453 g/mol. The summed E-state index contributed by atoms with van der Waals surface area (Å²) in [5.41, 5.74) is 5.85. The fraction of sp³-hybridized carbons (Fsp3) is 0.533. The van der Waals surface area contributed by atoms with Gasteiger partial charge in [-0.1, -0.05) is 12.1 Å². The van der Waals surface area contributed by atoms with Gasteiger partial charge < -0.3 is 15.0 Å². The summed E-state index contributed by atoms with van der Waals surface area (Å²) in [5.74, 6) is -1.43. The highest BCUT2D eigenvalue weighted by atomic mass is 31.2. The van der Waals surface area contributed by atoms with Crippen LogP contribution in [0.2, 0.25) is 0 Å². The van der Waals surface area contributed by atoms with Crippen LogP contribution in [0.15, 0.2) is 24.3 Å². The van der Waals surface area contributed by atoms with Crippen molar-refractivity contribution in [2.75, 3.05) is 19.8 Å². The van der Waals surface area contributed by atoms with E-state index in [1.54, 1.807) is 0 Å². The summed E-state index contributed by atoms with van der Waals surface area (Å²) in [5, 5.41) is 0. The Morgan fingerprint density at radius 1 is 1.03 bits per heavy atom. The molecule has 0 radical (unpaired) electrons. The van der Waals surface area contributed by atoms with Crippen molar-refractivity contribution >= 4 is 13.8 Å². The van der Waals surface area contributed by atoms with E-state index in [-0.39, 0.29) is 18.8 Å². The van der Waals surface area contributed by atoms with Gasteiger partial charge in [0.15, 0.2) is 13.2 Å². The van der Waals surface area contributed by atoms with Crippen LogP contribution in [0.3, 0.4) is 0 Å². The molecule has 0 aliphatic rings. The lowest BCUT2D eigenvalue weighted by molar-refractivity contribution is -0.187. The van der Waals surface area contributed by atoms with Gasteiger partial charge in [-0.05, 0) is 31.0 Å². The van der Waals surface area contributed by atoms with Crippen molar-refractivity contribution in [2.24, 2.45) is 5.73 Å². The van der Waals surface area contributed by atoms with Gasteiger partial charge in [-0.3, -0.25) is 13.8 Å². The smallest absolute Gasteiger partial charge is 0.455 e. The first kappa shape index (κ1) is 25.2. The lowest BCUT2D eigenvalue weighted by Crippen LogP contribution is -2.36. The van der Waals surface area contributed by atoms with Crippen LogP contribution >= 0.6 is 7.82 Å². The molecule has 1 aromatic rings. The number of hydrogen-bond acceptors (Lipinski definition) is 7. The third-order valence-corrected chi connectivity index (χ3v) is 4.40. The second-order valence-corrected chi connectivity index (χ2v) is 7.12. The number of halogens is 6. The zero-order chi connectivity index (χ0) is 22.3. The summed E-state index contributed by atoms with van der Waals surface area (Å²) in [7, 11) is -4.55. The molecule has 7 nitrogen and oxygen atoms in total. The maximum atomic E-state index is 12.3. The van der Waals surface area contributed by atoms with E-state index in [9.17, 15) is 35.7 Å². The van der Waals surface area contributed by atoms with Crippen LogP contribution in [-0.4, -0.2) is 44.2 Å². The topological polar surface area (TPSA) is 97.1 Å². The van der Waals surface area contributed by atoms with Crippen LogP contribution in [0.5, 0.6) is 5.75 Å². The Hall–Kier alpha value is -1.82. The Morgan fingerprint density at radius 3 is 2.07 bits per heavy atom. The van der Waals surface area contributed by atoms with E-state index in [1.807, 2.05) is 0 Å². The van der Waals surface area contributed by atoms with E-state index in [2.05, 4.69) is 13.8 Å². The molecule has 0 amide bonds. The number of benzene rings is 1. The first-order valence-corrected chi connectivity index (χ1v) is 9.42.